The van der Waals surface area contributed by atoms with Crippen LogP contribution in [0.2, 0.25) is 0 Å². The molecule has 0 spiro atoms. The van der Waals surface area contributed by atoms with E-state index in [4.69, 9.17) is 4.74 Å². The number of piperazine rings is 1. The average molecular weight is 289 g/mol. The first-order valence-electron chi connectivity index (χ1n) is 7.10. The summed E-state index contributed by atoms with van der Waals surface area (Å²) in [6, 6.07) is 9.85. The molecule has 1 aliphatic heterocycles. The zero-order valence-corrected chi connectivity index (χ0v) is 12.8. The second-order valence-electron chi connectivity index (χ2n) is 6.05. The first-order chi connectivity index (χ1) is 9.87. The number of amides is 2. The summed E-state index contributed by atoms with van der Waals surface area (Å²) in [5.41, 5.74) is 0.157. The molecular formula is C16H21N2O3. The van der Waals surface area contributed by atoms with Crippen LogP contribution < -0.4 is 0 Å². The normalized spacial score (nSPS) is 15.8. The minimum atomic E-state index is -0.495. The molecule has 1 aromatic carbocycles. The van der Waals surface area contributed by atoms with Crippen molar-refractivity contribution in [1.82, 2.24) is 9.80 Å². The smallest absolute Gasteiger partial charge is 0.410 e. The van der Waals surface area contributed by atoms with Gasteiger partial charge in [0, 0.05) is 31.7 Å². The highest BCUT2D eigenvalue weighted by Gasteiger charge is 2.27. The van der Waals surface area contributed by atoms with Crippen molar-refractivity contribution in [2.45, 2.75) is 26.4 Å². The highest BCUT2D eigenvalue weighted by molar-refractivity contribution is 5.94. The van der Waals surface area contributed by atoms with Crippen molar-refractivity contribution < 1.29 is 14.3 Å². The van der Waals surface area contributed by atoms with Crippen LogP contribution >= 0.6 is 0 Å². The van der Waals surface area contributed by atoms with Crippen molar-refractivity contribution in [3.8, 4) is 0 Å². The Morgan fingerprint density at radius 2 is 1.57 bits per heavy atom. The molecule has 2 rings (SSSR count). The van der Waals surface area contributed by atoms with Gasteiger partial charge < -0.3 is 14.5 Å². The lowest BCUT2D eigenvalue weighted by atomic mass is 10.2. The number of ether oxygens (including phenoxy) is 1. The summed E-state index contributed by atoms with van der Waals surface area (Å²) >= 11 is 0. The van der Waals surface area contributed by atoms with E-state index >= 15 is 0 Å². The highest BCUT2D eigenvalue weighted by Crippen LogP contribution is 2.13. The lowest BCUT2D eigenvalue weighted by molar-refractivity contribution is 0.0141. The first-order valence-corrected chi connectivity index (χ1v) is 7.10. The molecule has 1 radical (unpaired) electrons. The van der Waals surface area contributed by atoms with Gasteiger partial charge >= 0.3 is 6.09 Å². The number of carbonyl (C=O) groups excluding carboxylic acids is 2. The quantitative estimate of drug-likeness (QED) is 0.796. The molecule has 0 aromatic heterocycles. The summed E-state index contributed by atoms with van der Waals surface area (Å²) in [6.45, 7) is 7.58. The fourth-order valence-corrected chi connectivity index (χ4v) is 2.13. The van der Waals surface area contributed by atoms with E-state index in [2.05, 4.69) is 6.07 Å². The van der Waals surface area contributed by atoms with Crippen LogP contribution in [0.4, 0.5) is 4.79 Å². The van der Waals surface area contributed by atoms with Gasteiger partial charge in [0.1, 0.15) is 5.60 Å². The molecule has 5 heteroatoms. The maximum absolute atomic E-state index is 12.3. The lowest BCUT2D eigenvalue weighted by Crippen LogP contribution is -2.51. The minimum Gasteiger partial charge on any atom is -0.444 e. The molecule has 2 amide bonds. The Morgan fingerprint density at radius 1 is 1.05 bits per heavy atom. The number of rotatable bonds is 1. The Kier molecular flexibility index (Phi) is 4.50. The van der Waals surface area contributed by atoms with Crippen LogP contribution in [0.25, 0.3) is 0 Å². The predicted molar refractivity (Wildman–Crippen MR) is 79.0 cm³/mol. The molecule has 0 atom stereocenters. The number of benzene rings is 1. The van der Waals surface area contributed by atoms with E-state index in [1.54, 1.807) is 34.1 Å². The van der Waals surface area contributed by atoms with Gasteiger partial charge in [0.15, 0.2) is 0 Å². The van der Waals surface area contributed by atoms with Crippen molar-refractivity contribution in [3.05, 3.63) is 35.9 Å². The monoisotopic (exact) mass is 289 g/mol. The summed E-state index contributed by atoms with van der Waals surface area (Å²) in [7, 11) is 0. The molecule has 1 saturated heterocycles. The molecule has 0 unspecified atom stereocenters. The summed E-state index contributed by atoms with van der Waals surface area (Å²) in [5.74, 6) is -0.00663. The fourth-order valence-electron chi connectivity index (χ4n) is 2.13. The van der Waals surface area contributed by atoms with E-state index in [-0.39, 0.29) is 12.0 Å². The SMILES string of the molecule is CC(C)(C)OC(=O)N1CCN(C(=O)c2cc[c]cc2)CC1. The van der Waals surface area contributed by atoms with Crippen LogP contribution in [0.15, 0.2) is 24.3 Å². The zero-order valence-electron chi connectivity index (χ0n) is 12.8. The van der Waals surface area contributed by atoms with Crippen LogP contribution in [0.3, 0.4) is 0 Å². The largest absolute Gasteiger partial charge is 0.444 e. The summed E-state index contributed by atoms with van der Waals surface area (Å²) < 4.78 is 5.34. The van der Waals surface area contributed by atoms with E-state index in [9.17, 15) is 9.59 Å². The van der Waals surface area contributed by atoms with Crippen molar-refractivity contribution in [1.29, 1.82) is 0 Å². The maximum Gasteiger partial charge on any atom is 0.410 e. The average Bonchev–Trinajstić information content (AvgIpc) is 2.46. The van der Waals surface area contributed by atoms with Crippen LogP contribution in [0.1, 0.15) is 31.1 Å². The topological polar surface area (TPSA) is 49.9 Å². The van der Waals surface area contributed by atoms with Crippen LogP contribution in [0.5, 0.6) is 0 Å². The van der Waals surface area contributed by atoms with E-state index in [1.807, 2.05) is 20.8 Å². The summed E-state index contributed by atoms with van der Waals surface area (Å²) in [4.78, 5) is 27.6. The zero-order chi connectivity index (χ0) is 15.5. The highest BCUT2D eigenvalue weighted by atomic mass is 16.6. The van der Waals surface area contributed by atoms with Gasteiger partial charge in [-0.15, -0.1) is 0 Å². The third-order valence-corrected chi connectivity index (χ3v) is 3.18. The molecule has 0 saturated carbocycles. The molecule has 1 aromatic rings. The van der Waals surface area contributed by atoms with Crippen molar-refractivity contribution in [3.63, 3.8) is 0 Å². The van der Waals surface area contributed by atoms with Crippen molar-refractivity contribution in [2.75, 3.05) is 26.2 Å². The van der Waals surface area contributed by atoms with Gasteiger partial charge in [-0.1, -0.05) is 12.1 Å². The Balaban J connectivity index is 1.89. The summed E-state index contributed by atoms with van der Waals surface area (Å²) in [5, 5.41) is 0. The summed E-state index contributed by atoms with van der Waals surface area (Å²) in [6.07, 6.45) is -0.316. The third kappa shape index (κ3) is 4.21. The molecule has 0 N–H and O–H groups in total. The standard InChI is InChI=1S/C16H21N2O3/c1-16(2,3)21-15(20)18-11-9-17(10-12-18)14(19)13-7-5-4-6-8-13/h5-8H,9-12H2,1-3H3. The Labute approximate surface area is 125 Å². The maximum atomic E-state index is 12.3. The van der Waals surface area contributed by atoms with Gasteiger partial charge in [0.05, 0.1) is 0 Å². The van der Waals surface area contributed by atoms with Gasteiger partial charge in [0.2, 0.25) is 0 Å². The number of hydrogen-bond acceptors (Lipinski definition) is 3. The van der Waals surface area contributed by atoms with Crippen molar-refractivity contribution in [2.24, 2.45) is 0 Å². The second-order valence-corrected chi connectivity index (χ2v) is 6.05. The Bertz CT molecular complexity index is 500. The number of hydrogen-bond donors (Lipinski definition) is 0. The van der Waals surface area contributed by atoms with Gasteiger partial charge in [-0.05, 0) is 39.0 Å². The number of nitrogens with zero attached hydrogens (tertiary/aromatic N) is 2. The van der Waals surface area contributed by atoms with E-state index in [0.717, 1.165) is 0 Å². The van der Waals surface area contributed by atoms with Crippen LogP contribution in [-0.2, 0) is 4.74 Å². The van der Waals surface area contributed by atoms with Gasteiger partial charge in [-0.3, -0.25) is 4.79 Å². The molecule has 1 aliphatic rings. The molecule has 1 heterocycles. The molecular weight excluding hydrogens is 268 g/mol. The van der Waals surface area contributed by atoms with E-state index in [1.165, 1.54) is 0 Å². The Hall–Kier alpha value is -2.04. The van der Waals surface area contributed by atoms with Gasteiger partial charge in [-0.25, -0.2) is 4.79 Å². The Morgan fingerprint density at radius 3 is 2.10 bits per heavy atom. The molecule has 1 fully saturated rings. The third-order valence-electron chi connectivity index (χ3n) is 3.18. The first kappa shape index (κ1) is 15.4. The number of carbonyl (C=O) groups is 2. The molecule has 0 bridgehead atoms. The van der Waals surface area contributed by atoms with Crippen LogP contribution in [-0.4, -0.2) is 53.6 Å². The van der Waals surface area contributed by atoms with E-state index < -0.39 is 5.60 Å². The molecule has 0 aliphatic carbocycles. The molecule has 21 heavy (non-hydrogen) atoms. The molecule has 113 valence electrons. The minimum absolute atomic E-state index is 0.00663. The fraction of sp³-hybridized carbons (Fsp3) is 0.500. The lowest BCUT2D eigenvalue weighted by Gasteiger charge is -2.35. The second kappa shape index (κ2) is 6.16. The van der Waals surface area contributed by atoms with Crippen molar-refractivity contribution >= 4 is 12.0 Å². The van der Waals surface area contributed by atoms with Gasteiger partial charge in [0.25, 0.3) is 5.91 Å². The molecule has 5 nitrogen and oxygen atoms in total. The van der Waals surface area contributed by atoms with Gasteiger partial charge in [-0.2, -0.15) is 0 Å². The predicted octanol–water partition coefficient (Wildman–Crippen LogP) is 2.18. The van der Waals surface area contributed by atoms with E-state index in [0.29, 0.717) is 31.7 Å². The van der Waals surface area contributed by atoms with Crippen LogP contribution in [0, 0.1) is 6.07 Å².